The van der Waals surface area contributed by atoms with Crippen LogP contribution in [0.25, 0.3) is 11.0 Å². The second kappa shape index (κ2) is 7.28. The third-order valence-electron chi connectivity index (χ3n) is 3.66. The molecule has 12 heteroatoms. The maximum Gasteiger partial charge on any atom is 0.326 e. The highest BCUT2D eigenvalue weighted by molar-refractivity contribution is 7.51. The van der Waals surface area contributed by atoms with Crippen LogP contribution < -0.4 is 11.1 Å². The number of hydrogen-bond donors (Lipinski definition) is 4. The zero-order valence-electron chi connectivity index (χ0n) is 13.3. The predicted molar refractivity (Wildman–Crippen MR) is 89.7 cm³/mol. The highest BCUT2D eigenvalue weighted by atomic mass is 31.2. The van der Waals surface area contributed by atoms with Crippen molar-refractivity contribution in [1.29, 1.82) is 0 Å². The lowest BCUT2D eigenvalue weighted by atomic mass is 10.1. The van der Waals surface area contributed by atoms with Crippen LogP contribution in [0.15, 0.2) is 21.7 Å². The number of non-ortho nitro benzene ring substituents is 1. The van der Waals surface area contributed by atoms with Gasteiger partial charge in [0.1, 0.15) is 0 Å². The minimum atomic E-state index is -4.18. The van der Waals surface area contributed by atoms with Crippen molar-refractivity contribution >= 4 is 24.3 Å². The largest absolute Gasteiger partial charge is 0.326 e. The molecule has 1 aromatic heterocycles. The molecule has 0 unspecified atom stereocenters. The van der Waals surface area contributed by atoms with Gasteiger partial charge < -0.3 is 19.8 Å². The molecule has 0 amide bonds. The molecule has 1 heterocycles. The van der Waals surface area contributed by atoms with Crippen LogP contribution in [0.5, 0.6) is 0 Å². The molecule has 136 valence electrons. The van der Waals surface area contributed by atoms with Crippen LogP contribution in [0, 0.1) is 10.1 Å². The lowest BCUT2D eigenvalue weighted by molar-refractivity contribution is -0.384. The molecule has 0 saturated carbocycles. The smallest absolute Gasteiger partial charge is 0.324 e. The number of aromatic nitrogens is 2. The lowest BCUT2D eigenvalue weighted by Crippen LogP contribution is -2.30. The molecule has 0 spiro atoms. The van der Waals surface area contributed by atoms with Gasteiger partial charge in [-0.25, -0.2) is 0 Å². The predicted octanol–water partition coefficient (Wildman–Crippen LogP) is 0.124. The second-order valence-electron chi connectivity index (χ2n) is 5.45. The molecule has 2 aromatic rings. The second-order valence-corrected chi connectivity index (χ2v) is 7.23. The number of nitro benzene ring substituents is 1. The SMILES string of the molecule is CCN(CCP(=O)(O)O)Cc1cc([N+](=O)[O-])cc2[nH]c(=O)c(=O)[nH]c12. The summed E-state index contributed by atoms with van der Waals surface area (Å²) in [5, 5.41) is 11.1. The van der Waals surface area contributed by atoms with Crippen molar-refractivity contribution in [3.63, 3.8) is 0 Å². The Morgan fingerprint density at radius 2 is 1.88 bits per heavy atom. The highest BCUT2D eigenvalue weighted by Crippen LogP contribution is 2.34. The average Bonchev–Trinajstić information content (AvgIpc) is 2.51. The van der Waals surface area contributed by atoms with Gasteiger partial charge in [0, 0.05) is 25.2 Å². The molecule has 0 aliphatic heterocycles. The van der Waals surface area contributed by atoms with Crippen molar-refractivity contribution in [2.75, 3.05) is 19.3 Å². The first-order valence-corrected chi connectivity index (χ1v) is 9.11. The fraction of sp³-hybridized carbons (Fsp3) is 0.385. The van der Waals surface area contributed by atoms with E-state index >= 15 is 0 Å². The monoisotopic (exact) mass is 372 g/mol. The standard InChI is InChI=1S/C13H17N4O7P/c1-2-16(3-4-25(22,23)24)7-8-5-9(17(20)21)6-10-11(8)15-13(19)12(18)14-10/h5-6H,2-4,7H2,1H3,(H,14,18)(H,15,19)(H2,22,23,24). The molecule has 1 aromatic carbocycles. The third kappa shape index (κ3) is 4.83. The first-order chi connectivity index (χ1) is 11.6. The van der Waals surface area contributed by atoms with E-state index in [1.807, 2.05) is 0 Å². The molecule has 2 rings (SSSR count). The Labute approximate surface area is 140 Å². The maximum absolute atomic E-state index is 11.6. The van der Waals surface area contributed by atoms with Crippen LogP contribution >= 0.6 is 7.60 Å². The fourth-order valence-electron chi connectivity index (χ4n) is 2.37. The van der Waals surface area contributed by atoms with Crippen LogP contribution in [0.4, 0.5) is 5.69 Å². The molecule has 0 aliphatic rings. The van der Waals surface area contributed by atoms with Crippen LogP contribution in [0.3, 0.4) is 0 Å². The van der Waals surface area contributed by atoms with Gasteiger partial charge in [-0.1, -0.05) is 6.92 Å². The van der Waals surface area contributed by atoms with Crippen molar-refractivity contribution in [3.05, 3.63) is 48.5 Å². The summed E-state index contributed by atoms with van der Waals surface area (Å²) >= 11 is 0. The van der Waals surface area contributed by atoms with Gasteiger partial charge >= 0.3 is 18.7 Å². The van der Waals surface area contributed by atoms with Crippen LogP contribution in [0.2, 0.25) is 0 Å². The van der Waals surface area contributed by atoms with Gasteiger partial charge in [0.15, 0.2) is 0 Å². The summed E-state index contributed by atoms with van der Waals surface area (Å²) in [6.45, 7) is 2.37. The van der Waals surface area contributed by atoms with E-state index in [0.29, 0.717) is 12.1 Å². The summed E-state index contributed by atoms with van der Waals surface area (Å²) in [7, 11) is -4.18. The number of benzene rings is 1. The van der Waals surface area contributed by atoms with E-state index in [1.165, 1.54) is 6.07 Å². The summed E-state index contributed by atoms with van der Waals surface area (Å²) in [5.41, 5.74) is -1.36. The van der Waals surface area contributed by atoms with Gasteiger partial charge in [-0.05, 0) is 12.1 Å². The summed E-state index contributed by atoms with van der Waals surface area (Å²) in [6, 6.07) is 2.40. The van der Waals surface area contributed by atoms with E-state index in [0.717, 1.165) is 6.07 Å². The Balaban J connectivity index is 2.48. The summed E-state index contributed by atoms with van der Waals surface area (Å²) in [4.78, 5) is 57.8. The molecular formula is C13H17N4O7P. The zero-order chi connectivity index (χ0) is 18.8. The van der Waals surface area contributed by atoms with Crippen LogP contribution in [-0.4, -0.2) is 48.8 Å². The van der Waals surface area contributed by atoms with Crippen molar-refractivity contribution in [3.8, 4) is 0 Å². The summed E-state index contributed by atoms with van der Waals surface area (Å²) < 4.78 is 11.0. The average molecular weight is 372 g/mol. The number of nitrogens with one attached hydrogen (secondary N) is 2. The first kappa shape index (κ1) is 19.0. The molecule has 0 radical (unpaired) electrons. The maximum atomic E-state index is 11.6. The van der Waals surface area contributed by atoms with E-state index in [9.17, 15) is 24.3 Å². The van der Waals surface area contributed by atoms with E-state index < -0.39 is 23.6 Å². The van der Waals surface area contributed by atoms with Crippen LogP contribution in [0.1, 0.15) is 12.5 Å². The topological polar surface area (TPSA) is 170 Å². The van der Waals surface area contributed by atoms with Gasteiger partial charge in [0.25, 0.3) is 5.69 Å². The van der Waals surface area contributed by atoms with E-state index in [2.05, 4.69) is 9.97 Å². The molecule has 0 atom stereocenters. The Kier molecular flexibility index (Phi) is 5.53. The zero-order valence-corrected chi connectivity index (χ0v) is 14.2. The number of nitrogens with zero attached hydrogens (tertiary/aromatic N) is 2. The molecule has 11 nitrogen and oxygen atoms in total. The number of nitro groups is 1. The summed E-state index contributed by atoms with van der Waals surface area (Å²) in [5.74, 6) is 0. The molecule has 0 aliphatic carbocycles. The van der Waals surface area contributed by atoms with Crippen molar-refractivity contribution in [2.24, 2.45) is 0 Å². The number of hydrogen-bond acceptors (Lipinski definition) is 6. The Hall–Kier alpha value is -2.33. The van der Waals surface area contributed by atoms with E-state index in [4.69, 9.17) is 9.79 Å². The van der Waals surface area contributed by atoms with E-state index in [-0.39, 0.29) is 36.0 Å². The van der Waals surface area contributed by atoms with Gasteiger partial charge in [0.05, 0.1) is 22.1 Å². The first-order valence-electron chi connectivity index (χ1n) is 7.31. The Bertz CT molecular complexity index is 961. The van der Waals surface area contributed by atoms with Crippen molar-refractivity contribution in [1.82, 2.24) is 14.9 Å². The summed E-state index contributed by atoms with van der Waals surface area (Å²) in [6.07, 6.45) is -0.360. The van der Waals surface area contributed by atoms with Crippen molar-refractivity contribution < 1.29 is 19.3 Å². The minimum absolute atomic E-state index is 0.0680. The fourth-order valence-corrected chi connectivity index (χ4v) is 2.92. The normalized spacial score (nSPS) is 12.0. The van der Waals surface area contributed by atoms with Crippen LogP contribution in [-0.2, 0) is 11.1 Å². The molecule has 0 bridgehead atoms. The lowest BCUT2D eigenvalue weighted by Gasteiger charge is -2.21. The Morgan fingerprint density at radius 1 is 1.24 bits per heavy atom. The third-order valence-corrected chi connectivity index (χ3v) is 4.44. The van der Waals surface area contributed by atoms with Gasteiger partial charge in [-0.3, -0.25) is 29.2 Å². The minimum Gasteiger partial charge on any atom is -0.324 e. The molecule has 0 saturated heterocycles. The number of rotatable bonds is 7. The Morgan fingerprint density at radius 3 is 2.44 bits per heavy atom. The number of fused-ring (bicyclic) bond motifs is 1. The number of H-pyrrole nitrogens is 2. The van der Waals surface area contributed by atoms with Gasteiger partial charge in [-0.2, -0.15) is 0 Å². The quantitative estimate of drug-likeness (QED) is 0.230. The van der Waals surface area contributed by atoms with Gasteiger partial charge in [-0.15, -0.1) is 0 Å². The van der Waals surface area contributed by atoms with Gasteiger partial charge in [0.2, 0.25) is 0 Å². The molecule has 4 N–H and O–H groups in total. The van der Waals surface area contributed by atoms with Crippen molar-refractivity contribution in [2.45, 2.75) is 13.5 Å². The molecule has 0 fully saturated rings. The number of aromatic amines is 2. The van der Waals surface area contributed by atoms with E-state index in [1.54, 1.807) is 11.8 Å². The molecular weight excluding hydrogens is 355 g/mol. The molecule has 25 heavy (non-hydrogen) atoms. The highest BCUT2D eigenvalue weighted by Gasteiger charge is 2.18.